The Hall–Kier alpha value is -0.410. The zero-order chi connectivity index (χ0) is 9.31. The van der Waals surface area contributed by atoms with Crippen molar-refractivity contribution in [3.63, 3.8) is 0 Å². The van der Waals surface area contributed by atoms with Crippen molar-refractivity contribution in [1.29, 1.82) is 0 Å². The van der Waals surface area contributed by atoms with Crippen LogP contribution in [0.25, 0.3) is 0 Å². The highest BCUT2D eigenvalue weighted by Gasteiger charge is 2.36. The second kappa shape index (κ2) is 3.39. The molecule has 2 nitrogen and oxygen atoms in total. The predicted molar refractivity (Wildman–Crippen MR) is 56.1 cm³/mol. The third kappa shape index (κ3) is 1.63. The molecule has 2 N–H and O–H groups in total. The molecular formula is C10H16N2S. The van der Waals surface area contributed by atoms with Crippen molar-refractivity contribution in [1.82, 2.24) is 4.98 Å². The second-order valence-corrected chi connectivity index (χ2v) is 4.95. The highest BCUT2D eigenvalue weighted by Crippen LogP contribution is 2.44. The van der Waals surface area contributed by atoms with Crippen LogP contribution in [0.5, 0.6) is 0 Å². The molecule has 3 heteroatoms. The van der Waals surface area contributed by atoms with E-state index >= 15 is 0 Å². The standard InChI is InChI=1S/C10H16N2S/c1-10(4-2-5-10)9-12-8(3-6-11)7-13-9/h7H,2-6,11H2,1H3. The molecule has 1 aromatic heterocycles. The SMILES string of the molecule is CC1(c2nc(CCN)cs2)CCC1. The van der Waals surface area contributed by atoms with Gasteiger partial charge in [-0.05, 0) is 19.4 Å². The minimum atomic E-state index is 0.400. The van der Waals surface area contributed by atoms with Gasteiger partial charge in [0.15, 0.2) is 0 Å². The summed E-state index contributed by atoms with van der Waals surface area (Å²) in [6.45, 7) is 3.03. The topological polar surface area (TPSA) is 38.9 Å². The van der Waals surface area contributed by atoms with Gasteiger partial charge in [0.05, 0.1) is 10.7 Å². The van der Waals surface area contributed by atoms with Gasteiger partial charge in [-0.15, -0.1) is 11.3 Å². The number of thiazole rings is 1. The summed E-state index contributed by atoms with van der Waals surface area (Å²) in [4.78, 5) is 4.63. The summed E-state index contributed by atoms with van der Waals surface area (Å²) in [5.74, 6) is 0. The largest absolute Gasteiger partial charge is 0.330 e. The van der Waals surface area contributed by atoms with Crippen LogP contribution in [0.3, 0.4) is 0 Å². The highest BCUT2D eigenvalue weighted by molar-refractivity contribution is 7.09. The fraction of sp³-hybridized carbons (Fsp3) is 0.700. The quantitative estimate of drug-likeness (QED) is 0.804. The van der Waals surface area contributed by atoms with Crippen LogP contribution in [0.1, 0.15) is 36.9 Å². The molecule has 1 aliphatic rings. The van der Waals surface area contributed by atoms with E-state index in [1.165, 1.54) is 30.0 Å². The minimum Gasteiger partial charge on any atom is -0.330 e. The zero-order valence-corrected chi connectivity index (χ0v) is 8.86. The summed E-state index contributed by atoms with van der Waals surface area (Å²) in [6.07, 6.45) is 4.90. The van der Waals surface area contributed by atoms with Gasteiger partial charge < -0.3 is 5.73 Å². The maximum Gasteiger partial charge on any atom is 0.0987 e. The zero-order valence-electron chi connectivity index (χ0n) is 8.05. The van der Waals surface area contributed by atoms with Gasteiger partial charge in [0.25, 0.3) is 0 Å². The number of nitrogens with two attached hydrogens (primary N) is 1. The maximum absolute atomic E-state index is 5.49. The fourth-order valence-corrected chi connectivity index (χ4v) is 2.84. The van der Waals surface area contributed by atoms with Crippen molar-refractivity contribution < 1.29 is 0 Å². The van der Waals surface area contributed by atoms with E-state index in [9.17, 15) is 0 Å². The number of nitrogens with zero attached hydrogens (tertiary/aromatic N) is 1. The molecule has 0 atom stereocenters. The average Bonchev–Trinajstić information content (AvgIpc) is 2.50. The van der Waals surface area contributed by atoms with Crippen molar-refractivity contribution >= 4 is 11.3 Å². The number of hydrogen-bond acceptors (Lipinski definition) is 3. The highest BCUT2D eigenvalue weighted by atomic mass is 32.1. The van der Waals surface area contributed by atoms with Crippen molar-refractivity contribution in [2.24, 2.45) is 5.73 Å². The summed E-state index contributed by atoms with van der Waals surface area (Å²) in [5, 5.41) is 3.48. The van der Waals surface area contributed by atoms with Gasteiger partial charge >= 0.3 is 0 Å². The van der Waals surface area contributed by atoms with Crippen LogP contribution in [0.4, 0.5) is 0 Å². The van der Waals surface area contributed by atoms with Crippen LogP contribution in [0, 0.1) is 0 Å². The van der Waals surface area contributed by atoms with Crippen LogP contribution < -0.4 is 5.73 Å². The second-order valence-electron chi connectivity index (χ2n) is 4.10. The smallest absolute Gasteiger partial charge is 0.0987 e. The minimum absolute atomic E-state index is 0.400. The normalized spacial score (nSPS) is 19.8. The van der Waals surface area contributed by atoms with Gasteiger partial charge in [-0.25, -0.2) is 4.98 Å². The Bertz CT molecular complexity index is 289. The van der Waals surface area contributed by atoms with Gasteiger partial charge in [0.2, 0.25) is 0 Å². The Balaban J connectivity index is 2.12. The molecular weight excluding hydrogens is 180 g/mol. The van der Waals surface area contributed by atoms with Crippen LogP contribution in [0.2, 0.25) is 0 Å². The molecule has 0 aromatic carbocycles. The molecule has 0 aliphatic heterocycles. The summed E-state index contributed by atoms with van der Waals surface area (Å²) < 4.78 is 0. The molecule has 1 heterocycles. The van der Waals surface area contributed by atoms with E-state index in [1.54, 1.807) is 11.3 Å². The first-order valence-corrected chi connectivity index (χ1v) is 5.77. The molecule has 1 fully saturated rings. The lowest BCUT2D eigenvalue weighted by Crippen LogP contribution is -2.30. The van der Waals surface area contributed by atoms with E-state index in [0.717, 1.165) is 6.42 Å². The Morgan fingerprint density at radius 2 is 2.38 bits per heavy atom. The Morgan fingerprint density at radius 3 is 2.92 bits per heavy atom. The average molecular weight is 196 g/mol. The summed E-state index contributed by atoms with van der Waals surface area (Å²) in [7, 11) is 0. The Kier molecular flexibility index (Phi) is 2.39. The molecule has 0 saturated heterocycles. The van der Waals surface area contributed by atoms with Crippen molar-refractivity contribution in [2.75, 3.05) is 6.54 Å². The lowest BCUT2D eigenvalue weighted by Gasteiger charge is -2.36. The lowest BCUT2D eigenvalue weighted by atomic mass is 9.71. The molecule has 13 heavy (non-hydrogen) atoms. The molecule has 0 bridgehead atoms. The molecule has 0 spiro atoms. The molecule has 1 saturated carbocycles. The first-order chi connectivity index (χ1) is 6.24. The fourth-order valence-electron chi connectivity index (χ4n) is 1.77. The first-order valence-electron chi connectivity index (χ1n) is 4.89. The number of rotatable bonds is 3. The van der Waals surface area contributed by atoms with Crippen molar-refractivity contribution in [3.05, 3.63) is 16.1 Å². The van der Waals surface area contributed by atoms with E-state index in [-0.39, 0.29) is 0 Å². The molecule has 72 valence electrons. The predicted octanol–water partition coefficient (Wildman–Crippen LogP) is 2.09. The summed E-state index contributed by atoms with van der Waals surface area (Å²) in [6, 6.07) is 0. The van der Waals surface area contributed by atoms with E-state index in [2.05, 4.69) is 17.3 Å². The molecule has 2 rings (SSSR count). The van der Waals surface area contributed by atoms with E-state index in [0.29, 0.717) is 12.0 Å². The number of aromatic nitrogens is 1. The van der Waals surface area contributed by atoms with E-state index < -0.39 is 0 Å². The van der Waals surface area contributed by atoms with Gasteiger partial charge in [-0.1, -0.05) is 13.3 Å². The lowest BCUT2D eigenvalue weighted by molar-refractivity contribution is 0.271. The Labute approximate surface area is 83.2 Å². The van der Waals surface area contributed by atoms with Crippen LogP contribution in [0.15, 0.2) is 5.38 Å². The monoisotopic (exact) mass is 196 g/mol. The van der Waals surface area contributed by atoms with Crippen LogP contribution >= 0.6 is 11.3 Å². The van der Waals surface area contributed by atoms with Gasteiger partial charge in [0, 0.05) is 17.2 Å². The van der Waals surface area contributed by atoms with Crippen LogP contribution in [-0.2, 0) is 11.8 Å². The third-order valence-corrected chi connectivity index (χ3v) is 4.12. The molecule has 0 unspecified atom stereocenters. The maximum atomic E-state index is 5.49. The van der Waals surface area contributed by atoms with Gasteiger partial charge in [-0.3, -0.25) is 0 Å². The summed E-state index contributed by atoms with van der Waals surface area (Å²) in [5.41, 5.74) is 7.07. The van der Waals surface area contributed by atoms with Gasteiger partial charge in [-0.2, -0.15) is 0 Å². The molecule has 1 aromatic rings. The van der Waals surface area contributed by atoms with Crippen molar-refractivity contribution in [2.45, 2.75) is 38.0 Å². The van der Waals surface area contributed by atoms with Crippen LogP contribution in [-0.4, -0.2) is 11.5 Å². The summed E-state index contributed by atoms with van der Waals surface area (Å²) >= 11 is 1.81. The van der Waals surface area contributed by atoms with E-state index in [1.807, 2.05) is 0 Å². The van der Waals surface area contributed by atoms with Crippen molar-refractivity contribution in [3.8, 4) is 0 Å². The number of hydrogen-bond donors (Lipinski definition) is 1. The molecule has 0 amide bonds. The third-order valence-electron chi connectivity index (χ3n) is 2.93. The van der Waals surface area contributed by atoms with E-state index in [4.69, 9.17) is 5.73 Å². The first kappa shape index (κ1) is 9.16. The van der Waals surface area contributed by atoms with Gasteiger partial charge in [0.1, 0.15) is 0 Å². The molecule has 0 radical (unpaired) electrons. The Morgan fingerprint density at radius 1 is 1.62 bits per heavy atom. The molecule has 1 aliphatic carbocycles.